The summed E-state index contributed by atoms with van der Waals surface area (Å²) in [5.41, 5.74) is 1.29. The SMILES string of the molecule is CCSC(/C=C/c1ccccc1)SCC. The topological polar surface area (TPSA) is 0 Å². The van der Waals surface area contributed by atoms with E-state index in [1.807, 2.05) is 23.5 Å². The maximum Gasteiger partial charge on any atom is 0.0685 e. The van der Waals surface area contributed by atoms with Crippen molar-refractivity contribution in [3.63, 3.8) is 0 Å². The quantitative estimate of drug-likeness (QED) is 0.668. The number of hydrogen-bond donors (Lipinski definition) is 0. The van der Waals surface area contributed by atoms with Gasteiger partial charge >= 0.3 is 0 Å². The van der Waals surface area contributed by atoms with Crippen molar-refractivity contribution in [3.8, 4) is 0 Å². The molecule has 1 aromatic carbocycles. The van der Waals surface area contributed by atoms with E-state index in [1.165, 1.54) is 17.1 Å². The Kier molecular flexibility index (Phi) is 6.69. The summed E-state index contributed by atoms with van der Waals surface area (Å²) in [6, 6.07) is 10.5. The van der Waals surface area contributed by atoms with Gasteiger partial charge in [0, 0.05) is 0 Å². The van der Waals surface area contributed by atoms with E-state index in [1.54, 1.807) is 0 Å². The van der Waals surface area contributed by atoms with Gasteiger partial charge in [0.05, 0.1) is 4.58 Å². The lowest BCUT2D eigenvalue weighted by atomic mass is 10.2. The van der Waals surface area contributed by atoms with Crippen LogP contribution in [0.25, 0.3) is 6.08 Å². The van der Waals surface area contributed by atoms with Gasteiger partial charge in [-0.25, -0.2) is 0 Å². The van der Waals surface area contributed by atoms with E-state index in [0.717, 1.165) is 0 Å². The van der Waals surface area contributed by atoms with E-state index >= 15 is 0 Å². The largest absolute Gasteiger partial charge is 0.144 e. The fraction of sp³-hybridized carbons (Fsp3) is 0.385. The zero-order valence-corrected chi connectivity index (χ0v) is 11.0. The fourth-order valence-corrected chi connectivity index (χ4v) is 3.48. The van der Waals surface area contributed by atoms with E-state index in [2.05, 4.69) is 56.3 Å². The lowest BCUT2D eigenvalue weighted by Crippen LogP contribution is -1.92. The molecule has 0 aliphatic carbocycles. The molecule has 0 aliphatic heterocycles. The molecular weight excluding hydrogens is 220 g/mol. The van der Waals surface area contributed by atoms with Crippen LogP contribution in [0.4, 0.5) is 0 Å². The molecule has 0 fully saturated rings. The fourth-order valence-electron chi connectivity index (χ4n) is 1.24. The summed E-state index contributed by atoms with van der Waals surface area (Å²) >= 11 is 3.99. The van der Waals surface area contributed by atoms with Crippen LogP contribution in [-0.4, -0.2) is 16.1 Å². The van der Waals surface area contributed by atoms with Gasteiger partial charge in [0.15, 0.2) is 0 Å². The van der Waals surface area contributed by atoms with Gasteiger partial charge in [0.1, 0.15) is 0 Å². The summed E-state index contributed by atoms with van der Waals surface area (Å²) in [5, 5.41) is 0. The average Bonchev–Trinajstić information content (AvgIpc) is 2.28. The first-order chi connectivity index (χ1) is 7.36. The van der Waals surface area contributed by atoms with Gasteiger partial charge in [0.25, 0.3) is 0 Å². The molecule has 0 spiro atoms. The third-order valence-corrected chi connectivity index (χ3v) is 4.36. The minimum absolute atomic E-state index is 0.597. The Balaban J connectivity index is 2.53. The van der Waals surface area contributed by atoms with Crippen molar-refractivity contribution in [2.45, 2.75) is 18.4 Å². The first-order valence-corrected chi connectivity index (χ1v) is 7.43. The second-order valence-corrected chi connectivity index (χ2v) is 6.18. The zero-order valence-electron chi connectivity index (χ0n) is 9.35. The van der Waals surface area contributed by atoms with Crippen molar-refractivity contribution < 1.29 is 0 Å². The Morgan fingerprint density at radius 3 is 2.20 bits per heavy atom. The number of benzene rings is 1. The van der Waals surface area contributed by atoms with Gasteiger partial charge in [-0.05, 0) is 17.1 Å². The Morgan fingerprint density at radius 1 is 1.07 bits per heavy atom. The Labute approximate surface area is 102 Å². The van der Waals surface area contributed by atoms with Crippen LogP contribution in [-0.2, 0) is 0 Å². The molecule has 0 nitrogen and oxygen atoms in total. The lowest BCUT2D eigenvalue weighted by Gasteiger charge is -2.08. The maximum atomic E-state index is 2.30. The van der Waals surface area contributed by atoms with Crippen LogP contribution in [0.3, 0.4) is 0 Å². The van der Waals surface area contributed by atoms with Gasteiger partial charge in [-0.3, -0.25) is 0 Å². The number of hydrogen-bond acceptors (Lipinski definition) is 2. The van der Waals surface area contributed by atoms with Crippen LogP contribution in [0.1, 0.15) is 19.4 Å². The Bertz CT molecular complexity index is 274. The van der Waals surface area contributed by atoms with Crippen LogP contribution < -0.4 is 0 Å². The molecule has 1 aromatic rings. The van der Waals surface area contributed by atoms with Crippen LogP contribution in [0.15, 0.2) is 36.4 Å². The molecule has 15 heavy (non-hydrogen) atoms. The summed E-state index contributed by atoms with van der Waals surface area (Å²) in [7, 11) is 0. The maximum absolute atomic E-state index is 2.30. The first kappa shape index (κ1) is 12.7. The van der Waals surface area contributed by atoms with E-state index in [0.29, 0.717) is 4.58 Å². The predicted molar refractivity (Wildman–Crippen MR) is 75.5 cm³/mol. The molecule has 0 saturated carbocycles. The third-order valence-electron chi connectivity index (χ3n) is 1.91. The van der Waals surface area contributed by atoms with Crippen LogP contribution in [0.2, 0.25) is 0 Å². The second kappa shape index (κ2) is 7.89. The molecule has 0 aromatic heterocycles. The van der Waals surface area contributed by atoms with Crippen LogP contribution >= 0.6 is 23.5 Å². The van der Waals surface area contributed by atoms with Gasteiger partial charge < -0.3 is 0 Å². The molecule has 0 atom stereocenters. The van der Waals surface area contributed by atoms with Gasteiger partial charge in [-0.1, -0.05) is 56.3 Å². The molecule has 82 valence electrons. The van der Waals surface area contributed by atoms with Crippen molar-refractivity contribution in [3.05, 3.63) is 42.0 Å². The number of thioether (sulfide) groups is 2. The molecule has 0 bridgehead atoms. The molecule has 0 radical (unpaired) electrons. The monoisotopic (exact) mass is 238 g/mol. The molecule has 0 saturated heterocycles. The summed E-state index contributed by atoms with van der Waals surface area (Å²) in [5.74, 6) is 2.35. The van der Waals surface area contributed by atoms with Gasteiger partial charge in [0.2, 0.25) is 0 Å². The van der Waals surface area contributed by atoms with E-state index in [9.17, 15) is 0 Å². The van der Waals surface area contributed by atoms with Crippen molar-refractivity contribution >= 4 is 29.6 Å². The minimum atomic E-state index is 0.597. The number of rotatable bonds is 6. The zero-order chi connectivity index (χ0) is 10.9. The van der Waals surface area contributed by atoms with Gasteiger partial charge in [-0.2, -0.15) is 0 Å². The van der Waals surface area contributed by atoms with Gasteiger partial charge in [-0.15, -0.1) is 23.5 Å². The summed E-state index contributed by atoms with van der Waals surface area (Å²) < 4.78 is 0.597. The molecule has 0 aliphatic rings. The molecule has 1 rings (SSSR count). The van der Waals surface area contributed by atoms with Crippen molar-refractivity contribution in [2.75, 3.05) is 11.5 Å². The predicted octanol–water partition coefficient (Wildman–Crippen LogP) is 4.53. The molecule has 0 amide bonds. The van der Waals surface area contributed by atoms with Crippen LogP contribution in [0.5, 0.6) is 0 Å². The highest BCUT2D eigenvalue weighted by Crippen LogP contribution is 2.25. The standard InChI is InChI=1S/C13H18S2/c1-3-14-13(15-4-2)11-10-12-8-6-5-7-9-12/h5-11,13H,3-4H2,1-2H3/b11-10+. The smallest absolute Gasteiger partial charge is 0.0685 e. The third kappa shape index (κ3) is 5.33. The Hall–Kier alpha value is -0.340. The summed E-state index contributed by atoms with van der Waals surface area (Å²) in [6.45, 7) is 4.43. The molecule has 2 heteroatoms. The highest BCUT2D eigenvalue weighted by atomic mass is 32.2. The highest BCUT2D eigenvalue weighted by molar-refractivity contribution is 8.17. The van der Waals surface area contributed by atoms with E-state index < -0.39 is 0 Å². The molecular formula is C13H18S2. The van der Waals surface area contributed by atoms with Crippen molar-refractivity contribution in [2.24, 2.45) is 0 Å². The summed E-state index contributed by atoms with van der Waals surface area (Å²) in [6.07, 6.45) is 4.52. The van der Waals surface area contributed by atoms with E-state index in [4.69, 9.17) is 0 Å². The Morgan fingerprint density at radius 2 is 1.67 bits per heavy atom. The molecule has 0 unspecified atom stereocenters. The van der Waals surface area contributed by atoms with Crippen LogP contribution in [0, 0.1) is 0 Å². The average molecular weight is 238 g/mol. The van der Waals surface area contributed by atoms with Crippen molar-refractivity contribution in [1.82, 2.24) is 0 Å². The van der Waals surface area contributed by atoms with E-state index in [-0.39, 0.29) is 0 Å². The molecule has 0 N–H and O–H groups in total. The van der Waals surface area contributed by atoms with Crippen molar-refractivity contribution in [1.29, 1.82) is 0 Å². The first-order valence-electron chi connectivity index (χ1n) is 5.33. The summed E-state index contributed by atoms with van der Waals surface area (Å²) in [4.78, 5) is 0. The molecule has 0 heterocycles. The highest BCUT2D eigenvalue weighted by Gasteiger charge is 2.01. The normalized spacial score (nSPS) is 11.4. The lowest BCUT2D eigenvalue weighted by molar-refractivity contribution is 1.47. The second-order valence-electron chi connectivity index (χ2n) is 3.05. The minimum Gasteiger partial charge on any atom is -0.144 e.